The Morgan fingerprint density at radius 1 is 0.706 bits per heavy atom. The zero-order valence-electron chi connectivity index (χ0n) is 18.9. The van der Waals surface area contributed by atoms with Gasteiger partial charge >= 0.3 is 0 Å². The second-order valence-electron chi connectivity index (χ2n) is 8.26. The van der Waals surface area contributed by atoms with E-state index in [0.29, 0.717) is 18.1 Å². The van der Waals surface area contributed by atoms with E-state index in [4.69, 9.17) is 9.05 Å². The zero-order valence-corrected chi connectivity index (χ0v) is 18.9. The minimum atomic E-state index is -0.141. The van der Waals surface area contributed by atoms with Crippen molar-refractivity contribution in [1.29, 1.82) is 0 Å². The van der Waals surface area contributed by atoms with Crippen LogP contribution >= 0.6 is 0 Å². The van der Waals surface area contributed by atoms with Crippen molar-refractivity contribution in [3.8, 4) is 0 Å². The van der Waals surface area contributed by atoms with Gasteiger partial charge in [0.25, 0.3) is 0 Å². The van der Waals surface area contributed by atoms with Crippen LogP contribution in [0.5, 0.6) is 0 Å². The second-order valence-corrected chi connectivity index (χ2v) is 8.26. The lowest BCUT2D eigenvalue weighted by Gasteiger charge is -2.00. The molecule has 0 aliphatic rings. The second kappa shape index (κ2) is 11.7. The van der Waals surface area contributed by atoms with E-state index in [2.05, 4.69) is 15.6 Å². The van der Waals surface area contributed by atoms with Gasteiger partial charge < -0.3 is 9.05 Å². The highest BCUT2D eigenvalue weighted by molar-refractivity contribution is 5.91. The molecule has 7 nitrogen and oxygen atoms in total. The molecule has 0 aliphatic heterocycles. The summed E-state index contributed by atoms with van der Waals surface area (Å²) in [5.41, 5.74) is 3.58. The van der Waals surface area contributed by atoms with E-state index < -0.39 is 0 Å². The molecule has 2 heterocycles. The van der Waals surface area contributed by atoms with Gasteiger partial charge in [-0.15, -0.1) is 0 Å². The number of hydrogen-bond donors (Lipinski definition) is 1. The molecule has 1 N–H and O–H groups in total. The van der Waals surface area contributed by atoms with Gasteiger partial charge in [0.15, 0.2) is 0 Å². The van der Waals surface area contributed by atoms with E-state index in [1.165, 1.54) is 0 Å². The Morgan fingerprint density at radius 3 is 1.97 bits per heavy atom. The van der Waals surface area contributed by atoms with Gasteiger partial charge in [0.2, 0.25) is 11.8 Å². The fourth-order valence-electron chi connectivity index (χ4n) is 3.70. The number of rotatable bonds is 12. The molecule has 4 rings (SSSR count). The van der Waals surface area contributed by atoms with Crippen molar-refractivity contribution < 1.29 is 18.6 Å². The number of aryl methyl sites for hydroxylation is 2. The number of hydrogen-bond acceptors (Lipinski definition) is 6. The predicted molar refractivity (Wildman–Crippen MR) is 127 cm³/mol. The molecule has 0 fully saturated rings. The number of amides is 1. The first-order chi connectivity index (χ1) is 16.6. The summed E-state index contributed by atoms with van der Waals surface area (Å²) >= 11 is 0. The number of carbonyl (C=O) groups is 2. The van der Waals surface area contributed by atoms with Crippen molar-refractivity contribution in [2.75, 3.05) is 5.32 Å². The van der Waals surface area contributed by atoms with Gasteiger partial charge in [0.1, 0.15) is 11.5 Å². The molecule has 0 radical (unpaired) electrons. The number of nitrogens with one attached hydrogen (secondary N) is 1. The number of aromatic nitrogens is 2. The first-order valence-corrected chi connectivity index (χ1v) is 11.4. The van der Waals surface area contributed by atoms with Crippen LogP contribution in [0.4, 0.5) is 5.88 Å². The highest BCUT2D eigenvalue weighted by atomic mass is 16.5. The van der Waals surface area contributed by atoms with E-state index in [9.17, 15) is 9.59 Å². The van der Waals surface area contributed by atoms with Crippen LogP contribution in [0.1, 0.15) is 41.1 Å². The van der Waals surface area contributed by atoms with Crippen LogP contribution in [0.25, 0.3) is 0 Å². The Hall–Kier alpha value is -4.00. The molecular weight excluding hydrogens is 430 g/mol. The van der Waals surface area contributed by atoms with Crippen LogP contribution in [0.15, 0.2) is 81.8 Å². The van der Waals surface area contributed by atoms with Crippen molar-refractivity contribution in [2.24, 2.45) is 0 Å². The summed E-state index contributed by atoms with van der Waals surface area (Å²) in [5.74, 6) is 0.921. The number of carbonyl (C=O) groups excluding carboxylic acids is 2. The lowest BCUT2D eigenvalue weighted by atomic mass is 10.1. The first kappa shape index (κ1) is 23.2. The Morgan fingerprint density at radius 2 is 1.29 bits per heavy atom. The van der Waals surface area contributed by atoms with Crippen molar-refractivity contribution in [1.82, 2.24) is 10.3 Å². The van der Waals surface area contributed by atoms with Crippen molar-refractivity contribution in [3.63, 3.8) is 0 Å². The average Bonchev–Trinajstić information content (AvgIpc) is 3.47. The number of unbranched alkanes of at least 4 members (excludes halogenated alkanes) is 1. The maximum Gasteiger partial charge on any atom is 0.231 e. The van der Waals surface area contributed by atoms with Crippen LogP contribution < -0.4 is 5.32 Å². The predicted octanol–water partition coefficient (Wildman–Crippen LogP) is 4.76. The Bertz CT molecular complexity index is 1100. The molecule has 2 aromatic heterocycles. The molecule has 0 saturated carbocycles. The third kappa shape index (κ3) is 7.27. The van der Waals surface area contributed by atoms with Crippen LogP contribution in [-0.2, 0) is 41.7 Å². The van der Waals surface area contributed by atoms with E-state index >= 15 is 0 Å². The number of ketones is 1. The third-order valence-corrected chi connectivity index (χ3v) is 5.37. The molecule has 0 aliphatic carbocycles. The van der Waals surface area contributed by atoms with E-state index in [0.717, 1.165) is 48.2 Å². The summed E-state index contributed by atoms with van der Waals surface area (Å²) in [7, 11) is 0. The van der Waals surface area contributed by atoms with Gasteiger partial charge in [-0.1, -0.05) is 71.0 Å². The maximum absolute atomic E-state index is 12.2. The number of anilines is 1. The van der Waals surface area contributed by atoms with Gasteiger partial charge in [-0.05, 0) is 36.8 Å². The lowest BCUT2D eigenvalue weighted by molar-refractivity contribution is -0.118. The quantitative estimate of drug-likeness (QED) is 0.308. The SMILES string of the molecule is O=C(Cc1ccccc1)Cc1cc(CCCCc2cc(NC(=O)Cc3ccccc3)on2)no1. The molecule has 1 amide bonds. The molecule has 174 valence electrons. The topological polar surface area (TPSA) is 98.2 Å². The fraction of sp³-hybridized carbons (Fsp3) is 0.259. The minimum Gasteiger partial charge on any atom is -0.361 e. The summed E-state index contributed by atoms with van der Waals surface area (Å²) in [5, 5.41) is 10.9. The summed E-state index contributed by atoms with van der Waals surface area (Å²) < 4.78 is 10.6. The number of nitrogens with zero attached hydrogens (tertiary/aromatic N) is 2. The molecule has 0 bridgehead atoms. The fourth-order valence-corrected chi connectivity index (χ4v) is 3.70. The highest BCUT2D eigenvalue weighted by Crippen LogP contribution is 2.15. The maximum atomic E-state index is 12.2. The first-order valence-electron chi connectivity index (χ1n) is 11.4. The van der Waals surface area contributed by atoms with Gasteiger partial charge in [0, 0.05) is 18.6 Å². The van der Waals surface area contributed by atoms with Crippen LogP contribution in [0.2, 0.25) is 0 Å². The summed E-state index contributed by atoms with van der Waals surface area (Å²) in [4.78, 5) is 24.4. The Kier molecular flexibility index (Phi) is 8.00. The lowest BCUT2D eigenvalue weighted by Crippen LogP contribution is -2.13. The monoisotopic (exact) mass is 457 g/mol. The molecule has 0 atom stereocenters. The molecule has 0 saturated heterocycles. The normalized spacial score (nSPS) is 10.8. The van der Waals surface area contributed by atoms with Gasteiger partial charge in [-0.25, -0.2) is 0 Å². The number of Topliss-reactive ketones (excluding diaryl/α,β-unsaturated/α-hetero) is 1. The summed E-state index contributed by atoms with van der Waals surface area (Å²) in [6.45, 7) is 0. The van der Waals surface area contributed by atoms with Gasteiger partial charge in [-0.2, -0.15) is 0 Å². The standard InChI is InChI=1S/C27H27N3O4/c31-24(15-20-9-3-1-4-10-20)19-25-17-22(29-33-25)13-7-8-14-23-18-27(34-30-23)28-26(32)16-21-11-5-2-6-12-21/h1-6,9-12,17-18H,7-8,13-16,19H2,(H,28,32). The minimum absolute atomic E-state index is 0.103. The summed E-state index contributed by atoms with van der Waals surface area (Å²) in [6.07, 6.45) is 4.20. The molecule has 7 heteroatoms. The average molecular weight is 458 g/mol. The van der Waals surface area contributed by atoms with Crippen LogP contribution in [0, 0.1) is 0 Å². The Balaban J connectivity index is 1.15. The van der Waals surface area contributed by atoms with Gasteiger partial charge in [0.05, 0.1) is 24.2 Å². The molecule has 2 aromatic carbocycles. The molecule has 0 unspecified atom stereocenters. The van der Waals surface area contributed by atoms with Crippen LogP contribution in [-0.4, -0.2) is 22.0 Å². The van der Waals surface area contributed by atoms with Crippen molar-refractivity contribution in [2.45, 2.75) is 44.9 Å². The van der Waals surface area contributed by atoms with Gasteiger partial charge in [-0.3, -0.25) is 14.9 Å². The third-order valence-electron chi connectivity index (χ3n) is 5.37. The zero-order chi connectivity index (χ0) is 23.6. The van der Waals surface area contributed by atoms with Crippen molar-refractivity contribution >= 4 is 17.6 Å². The Labute approximate surface area is 198 Å². The van der Waals surface area contributed by atoms with E-state index in [-0.39, 0.29) is 24.5 Å². The molecule has 4 aromatic rings. The largest absolute Gasteiger partial charge is 0.361 e. The van der Waals surface area contributed by atoms with E-state index in [1.807, 2.05) is 66.7 Å². The molecular formula is C27H27N3O4. The highest BCUT2D eigenvalue weighted by Gasteiger charge is 2.12. The number of benzene rings is 2. The summed E-state index contributed by atoms with van der Waals surface area (Å²) in [6, 6.07) is 22.8. The smallest absolute Gasteiger partial charge is 0.231 e. The molecule has 0 spiro atoms. The van der Waals surface area contributed by atoms with Crippen molar-refractivity contribution in [3.05, 3.63) is 101 Å². The molecule has 34 heavy (non-hydrogen) atoms. The van der Waals surface area contributed by atoms with Crippen LogP contribution in [0.3, 0.4) is 0 Å². The van der Waals surface area contributed by atoms with E-state index in [1.54, 1.807) is 6.07 Å².